The van der Waals surface area contributed by atoms with E-state index >= 15 is 0 Å². The Morgan fingerprint density at radius 2 is 1.14 bits per heavy atom. The first-order valence-electron chi connectivity index (χ1n) is 11.2. The van der Waals surface area contributed by atoms with Crippen LogP contribution in [0.2, 0.25) is 0 Å². The lowest BCUT2D eigenvalue weighted by Gasteiger charge is -2.05. The molecule has 0 saturated carbocycles. The number of carboxylic acid groups (broad SMARTS) is 1. The van der Waals surface area contributed by atoms with Crippen molar-refractivity contribution in [3.05, 3.63) is 71.8 Å². The second-order valence-corrected chi connectivity index (χ2v) is 6.90. The number of carbonyl (C=O) groups is 4. The summed E-state index contributed by atoms with van der Waals surface area (Å²) in [5.74, 6) is -1.78. The van der Waals surface area contributed by atoms with Gasteiger partial charge in [0.1, 0.15) is 11.4 Å². The quantitative estimate of drug-likeness (QED) is 0.188. The van der Waals surface area contributed by atoms with Gasteiger partial charge < -0.3 is 19.3 Å². The third-order valence-corrected chi connectivity index (χ3v) is 4.21. The molecule has 3 N–H and O–H groups in total. The average Bonchev–Trinajstić information content (AvgIpc) is 2.90. The Kier molecular flexibility index (Phi) is 14.5. The van der Waals surface area contributed by atoms with Gasteiger partial charge in [-0.3, -0.25) is 0 Å². The largest absolute Gasteiger partial charge is 0.477 e. The summed E-state index contributed by atoms with van der Waals surface area (Å²) in [5.41, 5.74) is 5.80. The molecule has 0 aliphatic carbocycles. The molecule has 0 spiro atoms. The van der Waals surface area contributed by atoms with Crippen LogP contribution in [0.15, 0.2) is 70.9 Å². The molecule has 12 heteroatoms. The zero-order valence-electron chi connectivity index (χ0n) is 20.8. The summed E-state index contributed by atoms with van der Waals surface area (Å²) >= 11 is 0. The number of hydrazone groups is 2. The summed E-state index contributed by atoms with van der Waals surface area (Å²) in [7, 11) is 1.26. The SMILES string of the molecule is CCOC(=O)N/N=C(/Cc1ccccc1)C(=O)O.CCOC(=O)N/N=C(/Cc1ccccc1)C(=O)OC. The minimum absolute atomic E-state index is 0.0988. The maximum atomic E-state index is 11.5. The zero-order chi connectivity index (χ0) is 27.5. The lowest BCUT2D eigenvalue weighted by molar-refractivity contribution is -0.133. The number of rotatable bonds is 10. The molecule has 0 aliphatic rings. The van der Waals surface area contributed by atoms with Crippen molar-refractivity contribution in [2.75, 3.05) is 20.3 Å². The summed E-state index contributed by atoms with van der Waals surface area (Å²) in [5, 5.41) is 16.2. The molecule has 0 radical (unpaired) electrons. The van der Waals surface area contributed by atoms with Gasteiger partial charge in [0, 0.05) is 12.8 Å². The van der Waals surface area contributed by atoms with Crippen molar-refractivity contribution >= 4 is 35.5 Å². The second-order valence-electron chi connectivity index (χ2n) is 6.90. The van der Waals surface area contributed by atoms with E-state index in [9.17, 15) is 19.2 Å². The minimum atomic E-state index is -1.18. The van der Waals surface area contributed by atoms with Crippen LogP contribution < -0.4 is 10.9 Å². The minimum Gasteiger partial charge on any atom is -0.477 e. The van der Waals surface area contributed by atoms with Gasteiger partial charge in [-0.05, 0) is 25.0 Å². The predicted octanol–water partition coefficient (Wildman–Crippen LogP) is 2.92. The van der Waals surface area contributed by atoms with Crippen LogP contribution in [0.5, 0.6) is 0 Å². The first-order chi connectivity index (χ1) is 17.8. The maximum Gasteiger partial charge on any atom is 0.427 e. The third-order valence-electron chi connectivity index (χ3n) is 4.21. The molecular weight excluding hydrogens is 484 g/mol. The molecule has 0 unspecified atom stereocenters. The Hall–Kier alpha value is -4.74. The number of carboxylic acids is 1. The number of ether oxygens (including phenoxy) is 3. The van der Waals surface area contributed by atoms with Crippen molar-refractivity contribution in [3.8, 4) is 0 Å². The third kappa shape index (κ3) is 13.1. The van der Waals surface area contributed by atoms with Gasteiger partial charge in [0.2, 0.25) is 0 Å². The Morgan fingerprint density at radius 3 is 1.51 bits per heavy atom. The van der Waals surface area contributed by atoms with Crippen molar-refractivity contribution < 1.29 is 38.5 Å². The number of methoxy groups -OCH3 is 1. The predicted molar refractivity (Wildman–Crippen MR) is 135 cm³/mol. The molecule has 0 bridgehead atoms. The Labute approximate surface area is 214 Å². The Balaban J connectivity index is 0.000000371. The molecule has 2 amide bonds. The molecule has 2 aromatic carbocycles. The summed E-state index contributed by atoms with van der Waals surface area (Å²) in [6.45, 7) is 3.75. The first-order valence-corrected chi connectivity index (χ1v) is 11.2. The van der Waals surface area contributed by atoms with Gasteiger partial charge in [0.15, 0.2) is 0 Å². The van der Waals surface area contributed by atoms with Crippen LogP contribution in [0, 0.1) is 0 Å². The van der Waals surface area contributed by atoms with E-state index in [0.717, 1.165) is 11.1 Å². The number of hydrogen-bond acceptors (Lipinski definition) is 9. The average molecular weight is 515 g/mol. The van der Waals surface area contributed by atoms with Crippen LogP contribution in [0.1, 0.15) is 25.0 Å². The van der Waals surface area contributed by atoms with Crippen LogP contribution in [-0.4, -0.2) is 61.0 Å². The maximum absolute atomic E-state index is 11.5. The van der Waals surface area contributed by atoms with E-state index < -0.39 is 24.1 Å². The Bertz CT molecular complexity index is 1070. The summed E-state index contributed by atoms with van der Waals surface area (Å²) in [4.78, 5) is 44.6. The van der Waals surface area contributed by atoms with E-state index in [2.05, 4.69) is 29.8 Å². The molecule has 0 heterocycles. The zero-order valence-corrected chi connectivity index (χ0v) is 20.8. The molecule has 2 rings (SSSR count). The van der Waals surface area contributed by atoms with Gasteiger partial charge in [-0.2, -0.15) is 10.2 Å². The lowest BCUT2D eigenvalue weighted by atomic mass is 10.1. The van der Waals surface area contributed by atoms with Crippen molar-refractivity contribution in [2.45, 2.75) is 26.7 Å². The van der Waals surface area contributed by atoms with Gasteiger partial charge in [-0.15, -0.1) is 0 Å². The number of hydrogen-bond donors (Lipinski definition) is 3. The standard InChI is InChI=1S/C13H16N2O4.C12H14N2O4/c1-3-19-13(17)15-14-11(12(16)18-2)9-10-7-5-4-6-8-10;1-2-18-12(17)14-13-10(11(15)16)8-9-6-4-3-5-7-9/h4-8H,3,9H2,1-2H3,(H,15,17);3-7H,2,8H2,1H3,(H,14,17)(H,15,16)/b14-11-;13-10-. The Morgan fingerprint density at radius 1 is 0.730 bits per heavy atom. The monoisotopic (exact) mass is 514 g/mol. The molecule has 0 saturated heterocycles. The summed E-state index contributed by atoms with van der Waals surface area (Å²) < 4.78 is 13.8. The fourth-order valence-electron chi connectivity index (χ4n) is 2.57. The van der Waals surface area contributed by atoms with E-state index in [1.165, 1.54) is 7.11 Å². The van der Waals surface area contributed by atoms with E-state index in [0.29, 0.717) is 0 Å². The van der Waals surface area contributed by atoms with Crippen molar-refractivity contribution in [1.29, 1.82) is 0 Å². The van der Waals surface area contributed by atoms with Crippen molar-refractivity contribution in [2.24, 2.45) is 10.2 Å². The van der Waals surface area contributed by atoms with Crippen LogP contribution in [0.25, 0.3) is 0 Å². The molecule has 0 fully saturated rings. The first kappa shape index (κ1) is 30.3. The normalized spacial score (nSPS) is 10.8. The number of esters is 1. The van der Waals surface area contributed by atoms with Gasteiger partial charge in [0.25, 0.3) is 0 Å². The second kappa shape index (κ2) is 17.7. The highest BCUT2D eigenvalue weighted by atomic mass is 16.6. The van der Waals surface area contributed by atoms with E-state index in [1.807, 2.05) is 41.8 Å². The molecule has 12 nitrogen and oxygen atoms in total. The fraction of sp³-hybridized carbons (Fsp3) is 0.280. The molecule has 0 aliphatic heterocycles. The summed E-state index contributed by atoms with van der Waals surface area (Å²) in [6.07, 6.45) is -1.09. The molecule has 0 aromatic heterocycles. The number of amides is 2. The number of nitrogens with one attached hydrogen (secondary N) is 2. The molecule has 37 heavy (non-hydrogen) atoms. The van der Waals surface area contributed by atoms with Crippen molar-refractivity contribution in [1.82, 2.24) is 10.9 Å². The van der Waals surface area contributed by atoms with Crippen LogP contribution >= 0.6 is 0 Å². The highest BCUT2D eigenvalue weighted by molar-refractivity contribution is 6.37. The van der Waals surface area contributed by atoms with Gasteiger partial charge in [-0.1, -0.05) is 60.7 Å². The van der Waals surface area contributed by atoms with Gasteiger partial charge in [-0.25, -0.2) is 30.0 Å². The number of benzene rings is 2. The van der Waals surface area contributed by atoms with Gasteiger partial charge >= 0.3 is 24.1 Å². The number of aliphatic carboxylic acids is 1. The fourth-order valence-corrected chi connectivity index (χ4v) is 2.57. The van der Waals surface area contributed by atoms with Crippen LogP contribution in [0.3, 0.4) is 0 Å². The lowest BCUT2D eigenvalue weighted by Crippen LogP contribution is -2.26. The molecule has 2 aromatic rings. The van der Waals surface area contributed by atoms with E-state index in [4.69, 9.17) is 5.11 Å². The van der Waals surface area contributed by atoms with Crippen molar-refractivity contribution in [3.63, 3.8) is 0 Å². The highest BCUT2D eigenvalue weighted by Crippen LogP contribution is 2.03. The number of nitrogens with zero attached hydrogens (tertiary/aromatic N) is 2. The van der Waals surface area contributed by atoms with E-state index in [-0.39, 0.29) is 37.5 Å². The highest BCUT2D eigenvalue weighted by Gasteiger charge is 2.14. The summed E-state index contributed by atoms with van der Waals surface area (Å²) in [6, 6.07) is 18.3. The van der Waals surface area contributed by atoms with Crippen LogP contribution in [-0.2, 0) is 36.6 Å². The smallest absolute Gasteiger partial charge is 0.427 e. The number of carbonyl (C=O) groups excluding carboxylic acids is 3. The van der Waals surface area contributed by atoms with Gasteiger partial charge in [0.05, 0.1) is 20.3 Å². The molecule has 0 atom stereocenters. The topological polar surface area (TPSA) is 165 Å². The molecular formula is C25H30N4O8. The van der Waals surface area contributed by atoms with Crippen LogP contribution in [0.4, 0.5) is 9.59 Å². The van der Waals surface area contributed by atoms with E-state index in [1.54, 1.807) is 38.1 Å². The molecule has 198 valence electrons.